The molecule has 0 radical (unpaired) electrons. The number of likely N-dealkylation sites (tertiary alicyclic amines) is 1. The zero-order chi connectivity index (χ0) is 13.8. The number of halogens is 2. The van der Waals surface area contributed by atoms with Crippen LogP contribution < -0.4 is 4.74 Å². The molecule has 0 bridgehead atoms. The van der Waals surface area contributed by atoms with Crippen LogP contribution in [0.1, 0.15) is 12.8 Å². The molecule has 1 aromatic rings. The third-order valence-corrected chi connectivity index (χ3v) is 3.52. The summed E-state index contributed by atoms with van der Waals surface area (Å²) in [5.74, 6) is 0.279. The molecule has 0 aromatic heterocycles. The second-order valence-electron chi connectivity index (χ2n) is 4.50. The molecule has 1 fully saturated rings. The molecule has 6 heteroatoms. The number of rotatable bonds is 3. The van der Waals surface area contributed by atoms with Gasteiger partial charge in [0.25, 0.3) is 5.91 Å². The maximum Gasteiger partial charge on any atom is 0.260 e. The average molecular weight is 304 g/mol. The summed E-state index contributed by atoms with van der Waals surface area (Å²) in [5.41, 5.74) is 0. The van der Waals surface area contributed by atoms with E-state index in [0.29, 0.717) is 28.9 Å². The number of ether oxygens (including phenoxy) is 1. The third-order valence-electron chi connectivity index (χ3n) is 2.99. The van der Waals surface area contributed by atoms with Crippen LogP contribution in [0.25, 0.3) is 0 Å². The topological polar surface area (TPSA) is 49.8 Å². The van der Waals surface area contributed by atoms with Crippen LogP contribution >= 0.6 is 23.2 Å². The number of nitrogens with zero attached hydrogens (tertiary/aromatic N) is 1. The fourth-order valence-corrected chi connectivity index (χ4v) is 2.47. The lowest BCUT2D eigenvalue weighted by Crippen LogP contribution is -2.44. The van der Waals surface area contributed by atoms with Crippen molar-refractivity contribution in [2.24, 2.45) is 0 Å². The minimum absolute atomic E-state index is 0.0892. The normalized spacial score (nSPS) is 19.3. The van der Waals surface area contributed by atoms with Crippen molar-refractivity contribution >= 4 is 29.1 Å². The van der Waals surface area contributed by atoms with Gasteiger partial charge in [-0.2, -0.15) is 0 Å². The Morgan fingerprint density at radius 1 is 1.47 bits per heavy atom. The molecule has 0 aliphatic carbocycles. The van der Waals surface area contributed by atoms with E-state index in [1.54, 1.807) is 23.1 Å². The quantitative estimate of drug-likeness (QED) is 0.932. The minimum atomic E-state index is -0.434. The SMILES string of the molecule is O=C(COc1ccc(Cl)cc1Cl)N1CCCC(O)C1. The molecule has 104 valence electrons. The van der Waals surface area contributed by atoms with E-state index in [4.69, 9.17) is 27.9 Å². The predicted molar refractivity (Wildman–Crippen MR) is 73.8 cm³/mol. The van der Waals surface area contributed by atoms with Gasteiger partial charge in [-0.15, -0.1) is 0 Å². The molecule has 1 N–H and O–H groups in total. The second-order valence-corrected chi connectivity index (χ2v) is 5.34. The van der Waals surface area contributed by atoms with Gasteiger partial charge in [0.2, 0.25) is 0 Å². The fraction of sp³-hybridized carbons (Fsp3) is 0.462. The lowest BCUT2D eigenvalue weighted by Gasteiger charge is -2.30. The molecule has 1 aliphatic rings. The molecule has 1 aliphatic heterocycles. The minimum Gasteiger partial charge on any atom is -0.482 e. The van der Waals surface area contributed by atoms with Gasteiger partial charge in [-0.25, -0.2) is 0 Å². The first-order valence-electron chi connectivity index (χ1n) is 6.10. The van der Waals surface area contributed by atoms with Gasteiger partial charge in [0.15, 0.2) is 6.61 Å². The second kappa shape index (κ2) is 6.46. The van der Waals surface area contributed by atoms with Gasteiger partial charge in [0.05, 0.1) is 11.1 Å². The predicted octanol–water partition coefficient (Wildman–Crippen LogP) is 2.36. The van der Waals surface area contributed by atoms with Crippen LogP contribution in [0.4, 0.5) is 0 Å². The Bertz CT molecular complexity index is 467. The standard InChI is InChI=1S/C13H15Cl2NO3/c14-9-3-4-12(11(15)6-9)19-8-13(18)16-5-1-2-10(17)7-16/h3-4,6,10,17H,1-2,5,7-8H2. The zero-order valence-corrected chi connectivity index (χ0v) is 11.8. The largest absolute Gasteiger partial charge is 0.482 e. The van der Waals surface area contributed by atoms with E-state index in [9.17, 15) is 9.90 Å². The Hall–Kier alpha value is -0.970. The van der Waals surface area contributed by atoms with E-state index < -0.39 is 6.10 Å². The van der Waals surface area contributed by atoms with Crippen LogP contribution in [-0.4, -0.2) is 41.7 Å². The maximum atomic E-state index is 11.9. The van der Waals surface area contributed by atoms with Crippen molar-refractivity contribution in [1.29, 1.82) is 0 Å². The number of aliphatic hydroxyl groups is 1. The van der Waals surface area contributed by atoms with E-state index in [0.717, 1.165) is 12.8 Å². The summed E-state index contributed by atoms with van der Waals surface area (Å²) < 4.78 is 5.38. The summed E-state index contributed by atoms with van der Waals surface area (Å²) in [6.07, 6.45) is 1.12. The average Bonchev–Trinajstić information content (AvgIpc) is 2.37. The van der Waals surface area contributed by atoms with E-state index in [1.807, 2.05) is 0 Å². The van der Waals surface area contributed by atoms with E-state index in [-0.39, 0.29) is 12.5 Å². The lowest BCUT2D eigenvalue weighted by atomic mass is 10.1. The molecule has 4 nitrogen and oxygen atoms in total. The number of carbonyl (C=O) groups is 1. The van der Waals surface area contributed by atoms with Crippen molar-refractivity contribution < 1.29 is 14.6 Å². The Balaban J connectivity index is 1.89. The molecule has 1 saturated heterocycles. The Morgan fingerprint density at radius 3 is 2.95 bits per heavy atom. The van der Waals surface area contributed by atoms with Gasteiger partial charge in [-0.05, 0) is 31.0 Å². The molecule has 1 unspecified atom stereocenters. The fourth-order valence-electron chi connectivity index (χ4n) is 2.00. The monoisotopic (exact) mass is 303 g/mol. The number of hydrogen-bond acceptors (Lipinski definition) is 3. The van der Waals surface area contributed by atoms with Crippen LogP contribution in [0.3, 0.4) is 0 Å². The number of aliphatic hydroxyl groups excluding tert-OH is 1. The molecular formula is C13H15Cl2NO3. The number of hydrogen-bond donors (Lipinski definition) is 1. The van der Waals surface area contributed by atoms with Gasteiger partial charge in [0.1, 0.15) is 5.75 Å². The van der Waals surface area contributed by atoms with Crippen molar-refractivity contribution in [3.8, 4) is 5.75 Å². The Morgan fingerprint density at radius 2 is 2.26 bits per heavy atom. The van der Waals surface area contributed by atoms with Crippen LogP contribution in [0, 0.1) is 0 Å². The Labute approximate surface area is 121 Å². The summed E-state index contributed by atoms with van der Waals surface area (Å²) in [6.45, 7) is 0.943. The highest BCUT2D eigenvalue weighted by Crippen LogP contribution is 2.27. The molecule has 1 aromatic carbocycles. The number of carbonyl (C=O) groups excluding carboxylic acids is 1. The van der Waals surface area contributed by atoms with Gasteiger partial charge >= 0.3 is 0 Å². The summed E-state index contributed by atoms with van der Waals surface area (Å²) in [5, 5.41) is 10.4. The summed E-state index contributed by atoms with van der Waals surface area (Å²) >= 11 is 11.7. The highest BCUT2D eigenvalue weighted by molar-refractivity contribution is 6.35. The number of β-amino-alcohol motifs (C(OH)–C–C–N with tert-alkyl or cyclic N) is 1. The van der Waals surface area contributed by atoms with Gasteiger partial charge in [-0.1, -0.05) is 23.2 Å². The van der Waals surface area contributed by atoms with Crippen molar-refractivity contribution in [3.63, 3.8) is 0 Å². The molecule has 2 rings (SSSR count). The van der Waals surface area contributed by atoms with Crippen molar-refractivity contribution in [3.05, 3.63) is 28.2 Å². The smallest absolute Gasteiger partial charge is 0.260 e. The van der Waals surface area contributed by atoms with Crippen LogP contribution in [0.2, 0.25) is 10.0 Å². The van der Waals surface area contributed by atoms with E-state index in [2.05, 4.69) is 0 Å². The van der Waals surface area contributed by atoms with Crippen molar-refractivity contribution in [1.82, 2.24) is 4.90 Å². The number of amides is 1. The van der Waals surface area contributed by atoms with Crippen LogP contribution in [0.15, 0.2) is 18.2 Å². The molecule has 1 amide bonds. The number of piperidine rings is 1. The highest BCUT2D eigenvalue weighted by atomic mass is 35.5. The number of benzene rings is 1. The van der Waals surface area contributed by atoms with E-state index in [1.165, 1.54) is 0 Å². The Kier molecular flexibility index (Phi) is 4.91. The van der Waals surface area contributed by atoms with Crippen LogP contribution in [-0.2, 0) is 4.79 Å². The molecular weight excluding hydrogens is 289 g/mol. The summed E-state index contributed by atoms with van der Waals surface area (Å²) in [6, 6.07) is 4.84. The lowest BCUT2D eigenvalue weighted by molar-refractivity contribution is -0.136. The molecule has 0 spiro atoms. The van der Waals surface area contributed by atoms with Gasteiger partial charge in [-0.3, -0.25) is 4.79 Å². The van der Waals surface area contributed by atoms with Gasteiger partial charge < -0.3 is 14.7 Å². The summed E-state index contributed by atoms with van der Waals surface area (Å²) in [4.78, 5) is 13.5. The maximum absolute atomic E-state index is 11.9. The molecule has 1 heterocycles. The first-order chi connectivity index (χ1) is 9.06. The first kappa shape index (κ1) is 14.4. The van der Waals surface area contributed by atoms with Crippen LogP contribution in [0.5, 0.6) is 5.75 Å². The summed E-state index contributed by atoms with van der Waals surface area (Å²) in [7, 11) is 0. The van der Waals surface area contributed by atoms with Crippen molar-refractivity contribution in [2.45, 2.75) is 18.9 Å². The molecule has 19 heavy (non-hydrogen) atoms. The van der Waals surface area contributed by atoms with Crippen molar-refractivity contribution in [2.75, 3.05) is 19.7 Å². The highest BCUT2D eigenvalue weighted by Gasteiger charge is 2.22. The molecule has 0 saturated carbocycles. The van der Waals surface area contributed by atoms with Gasteiger partial charge in [0, 0.05) is 18.1 Å². The van der Waals surface area contributed by atoms with E-state index >= 15 is 0 Å². The molecule has 1 atom stereocenters. The zero-order valence-electron chi connectivity index (χ0n) is 10.3. The first-order valence-corrected chi connectivity index (χ1v) is 6.85. The third kappa shape index (κ3) is 4.00.